The molecule has 1 aromatic carbocycles. The molecule has 0 bridgehead atoms. The first kappa shape index (κ1) is 22.8. The highest BCUT2D eigenvalue weighted by Gasteiger charge is 2.25. The Balaban J connectivity index is 1.35. The van der Waals surface area contributed by atoms with Crippen molar-refractivity contribution < 1.29 is 14.3 Å². The van der Waals surface area contributed by atoms with Gasteiger partial charge in [-0.15, -0.1) is 0 Å². The van der Waals surface area contributed by atoms with E-state index in [2.05, 4.69) is 15.3 Å². The van der Waals surface area contributed by atoms with Gasteiger partial charge in [0.05, 0.1) is 11.9 Å². The van der Waals surface area contributed by atoms with Crippen molar-refractivity contribution in [2.45, 2.75) is 39.7 Å². The van der Waals surface area contributed by atoms with Gasteiger partial charge in [-0.1, -0.05) is 0 Å². The first-order valence-electron chi connectivity index (χ1n) is 10.8. The number of ether oxygens (including phenoxy) is 1. The highest BCUT2D eigenvalue weighted by Crippen LogP contribution is 2.12. The number of piperazine rings is 1. The second kappa shape index (κ2) is 9.96. The van der Waals surface area contributed by atoms with E-state index in [9.17, 15) is 9.59 Å². The highest BCUT2D eigenvalue weighted by molar-refractivity contribution is 5.94. The molecule has 1 N–H and O–H groups in total. The number of hydrogen-bond acceptors (Lipinski definition) is 5. The van der Waals surface area contributed by atoms with Crippen LogP contribution >= 0.6 is 0 Å². The van der Waals surface area contributed by atoms with Crippen LogP contribution in [0.4, 0.5) is 4.79 Å². The Labute approximate surface area is 184 Å². The van der Waals surface area contributed by atoms with Crippen molar-refractivity contribution in [2.24, 2.45) is 0 Å². The van der Waals surface area contributed by atoms with E-state index in [1.165, 1.54) is 0 Å². The standard InChI is InChI=1S/C23H33N5O3/c1-18-16-25-28(17-18)20-8-6-19(7-9-20)21(29)24-10-5-11-26-12-14-27(15-13-26)22(30)31-23(2,3)4/h6-9,16-17H,5,10-15H2,1-4H3,(H,24,29). The highest BCUT2D eigenvalue weighted by atomic mass is 16.6. The van der Waals surface area contributed by atoms with Gasteiger partial charge in [0.25, 0.3) is 5.91 Å². The van der Waals surface area contributed by atoms with E-state index < -0.39 is 5.60 Å². The fourth-order valence-electron chi connectivity index (χ4n) is 3.41. The summed E-state index contributed by atoms with van der Waals surface area (Å²) in [6.07, 6.45) is 4.37. The average molecular weight is 428 g/mol. The van der Waals surface area contributed by atoms with Crippen LogP contribution in [0, 0.1) is 6.92 Å². The number of rotatable bonds is 6. The second-order valence-electron chi connectivity index (χ2n) is 8.93. The number of amides is 2. The van der Waals surface area contributed by atoms with E-state index in [0.717, 1.165) is 37.3 Å². The number of carbonyl (C=O) groups is 2. The zero-order valence-electron chi connectivity index (χ0n) is 18.9. The smallest absolute Gasteiger partial charge is 0.410 e. The van der Waals surface area contributed by atoms with Crippen LogP contribution in [0.2, 0.25) is 0 Å². The van der Waals surface area contributed by atoms with E-state index >= 15 is 0 Å². The first-order chi connectivity index (χ1) is 14.7. The molecule has 0 aliphatic carbocycles. The molecule has 8 nitrogen and oxygen atoms in total. The number of nitrogens with zero attached hydrogens (tertiary/aromatic N) is 4. The Kier molecular flexibility index (Phi) is 7.33. The molecular weight excluding hydrogens is 394 g/mol. The third-order valence-corrected chi connectivity index (χ3v) is 5.07. The van der Waals surface area contributed by atoms with Gasteiger partial charge in [-0.25, -0.2) is 9.48 Å². The summed E-state index contributed by atoms with van der Waals surface area (Å²) in [5, 5.41) is 7.26. The molecule has 0 atom stereocenters. The Morgan fingerprint density at radius 2 is 1.77 bits per heavy atom. The van der Waals surface area contributed by atoms with Crippen LogP contribution in [-0.4, -0.2) is 76.5 Å². The molecule has 168 valence electrons. The fraction of sp³-hybridized carbons (Fsp3) is 0.522. The first-order valence-corrected chi connectivity index (χ1v) is 10.8. The molecular formula is C23H33N5O3. The summed E-state index contributed by atoms with van der Waals surface area (Å²) in [6, 6.07) is 7.42. The zero-order chi connectivity index (χ0) is 22.4. The van der Waals surface area contributed by atoms with Crippen molar-refractivity contribution >= 4 is 12.0 Å². The Bertz CT molecular complexity index is 877. The number of nitrogens with one attached hydrogen (secondary N) is 1. The Morgan fingerprint density at radius 1 is 1.10 bits per heavy atom. The Hall–Kier alpha value is -2.87. The van der Waals surface area contributed by atoms with Gasteiger partial charge in [-0.2, -0.15) is 5.10 Å². The summed E-state index contributed by atoms with van der Waals surface area (Å²) >= 11 is 0. The topological polar surface area (TPSA) is 79.7 Å². The van der Waals surface area contributed by atoms with E-state index in [-0.39, 0.29) is 12.0 Å². The molecule has 2 heterocycles. The van der Waals surface area contributed by atoms with Gasteiger partial charge in [0.15, 0.2) is 0 Å². The third-order valence-electron chi connectivity index (χ3n) is 5.07. The minimum Gasteiger partial charge on any atom is -0.444 e. The second-order valence-corrected chi connectivity index (χ2v) is 8.93. The quantitative estimate of drug-likeness (QED) is 0.717. The minimum atomic E-state index is -0.467. The molecule has 3 rings (SSSR count). The SMILES string of the molecule is Cc1cnn(-c2ccc(C(=O)NCCCN3CCN(C(=O)OC(C)(C)C)CC3)cc2)c1. The predicted molar refractivity (Wildman–Crippen MR) is 119 cm³/mol. The van der Waals surface area contributed by atoms with Crippen molar-refractivity contribution in [1.82, 2.24) is 24.9 Å². The van der Waals surface area contributed by atoms with Gasteiger partial charge in [0.2, 0.25) is 0 Å². The van der Waals surface area contributed by atoms with E-state index in [1.54, 1.807) is 15.8 Å². The molecule has 2 amide bonds. The predicted octanol–water partition coefficient (Wildman–Crippen LogP) is 2.85. The molecule has 2 aromatic rings. The third kappa shape index (κ3) is 6.82. The summed E-state index contributed by atoms with van der Waals surface area (Å²) in [6.45, 7) is 12.1. The van der Waals surface area contributed by atoms with Gasteiger partial charge in [-0.05, 0) is 70.5 Å². The van der Waals surface area contributed by atoms with Crippen LogP contribution in [0.1, 0.15) is 43.1 Å². The van der Waals surface area contributed by atoms with Crippen LogP contribution in [0.5, 0.6) is 0 Å². The van der Waals surface area contributed by atoms with Gasteiger partial charge in [0, 0.05) is 44.5 Å². The van der Waals surface area contributed by atoms with Crippen LogP contribution in [0.15, 0.2) is 36.7 Å². The molecule has 1 aliphatic rings. The van der Waals surface area contributed by atoms with Gasteiger partial charge >= 0.3 is 6.09 Å². The number of carbonyl (C=O) groups excluding carboxylic acids is 2. The van der Waals surface area contributed by atoms with Crippen LogP contribution < -0.4 is 5.32 Å². The van der Waals surface area contributed by atoms with Crippen molar-refractivity contribution in [3.05, 3.63) is 47.8 Å². The van der Waals surface area contributed by atoms with Gasteiger partial charge < -0.3 is 15.0 Å². The summed E-state index contributed by atoms with van der Waals surface area (Å²) in [4.78, 5) is 28.6. The Morgan fingerprint density at radius 3 is 2.35 bits per heavy atom. The maximum Gasteiger partial charge on any atom is 0.410 e. The molecule has 1 saturated heterocycles. The summed E-state index contributed by atoms with van der Waals surface area (Å²) in [5.41, 5.74) is 2.19. The summed E-state index contributed by atoms with van der Waals surface area (Å²) in [7, 11) is 0. The molecule has 0 saturated carbocycles. The molecule has 1 aromatic heterocycles. The molecule has 31 heavy (non-hydrogen) atoms. The summed E-state index contributed by atoms with van der Waals surface area (Å²) in [5.74, 6) is -0.0714. The van der Waals surface area contributed by atoms with Gasteiger partial charge in [0.1, 0.15) is 5.60 Å². The van der Waals surface area contributed by atoms with Crippen molar-refractivity contribution in [3.8, 4) is 5.69 Å². The van der Waals surface area contributed by atoms with Crippen molar-refractivity contribution in [2.75, 3.05) is 39.3 Å². The lowest BCUT2D eigenvalue weighted by Gasteiger charge is -2.35. The molecule has 0 unspecified atom stereocenters. The zero-order valence-corrected chi connectivity index (χ0v) is 18.9. The molecule has 1 fully saturated rings. The van der Waals surface area contributed by atoms with Crippen molar-refractivity contribution in [3.63, 3.8) is 0 Å². The van der Waals surface area contributed by atoms with Crippen molar-refractivity contribution in [1.29, 1.82) is 0 Å². The minimum absolute atomic E-state index is 0.0714. The fourth-order valence-corrected chi connectivity index (χ4v) is 3.41. The lowest BCUT2D eigenvalue weighted by atomic mass is 10.2. The van der Waals surface area contributed by atoms with E-state index in [1.807, 2.05) is 58.2 Å². The maximum absolute atomic E-state index is 12.4. The average Bonchev–Trinajstić information content (AvgIpc) is 3.16. The molecule has 0 spiro atoms. The number of aromatic nitrogens is 2. The van der Waals surface area contributed by atoms with Crippen LogP contribution in [0.3, 0.4) is 0 Å². The monoisotopic (exact) mass is 427 g/mol. The number of aryl methyl sites for hydroxylation is 1. The molecule has 8 heteroatoms. The summed E-state index contributed by atoms with van der Waals surface area (Å²) < 4.78 is 7.22. The lowest BCUT2D eigenvalue weighted by Crippen LogP contribution is -2.50. The van der Waals surface area contributed by atoms with Crippen LogP contribution in [0.25, 0.3) is 5.69 Å². The van der Waals surface area contributed by atoms with E-state index in [0.29, 0.717) is 25.2 Å². The van der Waals surface area contributed by atoms with Crippen LogP contribution in [-0.2, 0) is 4.74 Å². The van der Waals surface area contributed by atoms with E-state index in [4.69, 9.17) is 4.74 Å². The molecule has 1 aliphatic heterocycles. The normalized spacial score (nSPS) is 15.0. The lowest BCUT2D eigenvalue weighted by molar-refractivity contribution is 0.0144. The number of hydrogen-bond donors (Lipinski definition) is 1. The molecule has 0 radical (unpaired) electrons. The number of benzene rings is 1. The van der Waals surface area contributed by atoms with Gasteiger partial charge in [-0.3, -0.25) is 9.69 Å². The largest absolute Gasteiger partial charge is 0.444 e. The maximum atomic E-state index is 12.4.